The Morgan fingerprint density at radius 3 is 2.68 bits per heavy atom. The van der Waals surface area contributed by atoms with E-state index < -0.39 is 6.03 Å². The summed E-state index contributed by atoms with van der Waals surface area (Å²) >= 11 is 0. The van der Waals surface area contributed by atoms with E-state index >= 15 is 0 Å². The maximum atomic E-state index is 11.7. The van der Waals surface area contributed by atoms with Crippen LogP contribution in [0.1, 0.15) is 19.3 Å². The van der Waals surface area contributed by atoms with Gasteiger partial charge < -0.3 is 15.2 Å². The zero-order chi connectivity index (χ0) is 14.1. The number of nitrogens with zero attached hydrogens (tertiary/aromatic N) is 1. The van der Waals surface area contributed by atoms with Gasteiger partial charge in [-0.3, -0.25) is 15.0 Å². The molecule has 7 nitrogen and oxygen atoms in total. The van der Waals surface area contributed by atoms with Gasteiger partial charge in [-0.15, -0.1) is 0 Å². The number of amides is 3. The molecule has 0 aromatic rings. The third-order valence-electron chi connectivity index (χ3n) is 3.17. The lowest BCUT2D eigenvalue weighted by Crippen LogP contribution is -2.49. The molecule has 19 heavy (non-hydrogen) atoms. The summed E-state index contributed by atoms with van der Waals surface area (Å²) < 4.78 is 4.78. The van der Waals surface area contributed by atoms with Crippen molar-refractivity contribution in [2.24, 2.45) is 0 Å². The number of carbonyl (C=O) groups is 2. The molecule has 3 amide bonds. The first-order chi connectivity index (χ1) is 9.17. The predicted octanol–water partition coefficient (Wildman–Crippen LogP) is -0.695. The first-order valence-electron chi connectivity index (χ1n) is 6.59. The van der Waals surface area contributed by atoms with E-state index in [0.717, 1.165) is 19.3 Å². The number of aliphatic hydroxyl groups is 1. The van der Waals surface area contributed by atoms with Gasteiger partial charge in [-0.1, -0.05) is 6.42 Å². The van der Waals surface area contributed by atoms with Crippen molar-refractivity contribution in [1.82, 2.24) is 15.5 Å². The molecule has 0 aromatic heterocycles. The monoisotopic (exact) mass is 273 g/mol. The minimum Gasteiger partial charge on any atom is -0.395 e. The van der Waals surface area contributed by atoms with Gasteiger partial charge in [0.05, 0.1) is 19.8 Å². The third kappa shape index (κ3) is 6.00. The lowest BCUT2D eigenvalue weighted by Gasteiger charge is -2.36. The maximum Gasteiger partial charge on any atom is 0.321 e. The Bertz CT molecular complexity index is 295. The van der Waals surface area contributed by atoms with Gasteiger partial charge in [-0.2, -0.15) is 0 Å². The molecule has 0 heterocycles. The quantitative estimate of drug-likeness (QED) is 0.509. The van der Waals surface area contributed by atoms with Crippen LogP contribution < -0.4 is 10.6 Å². The smallest absolute Gasteiger partial charge is 0.321 e. The molecule has 0 aromatic carbocycles. The van der Waals surface area contributed by atoms with E-state index in [1.54, 1.807) is 0 Å². The summed E-state index contributed by atoms with van der Waals surface area (Å²) in [6.07, 6.45) is 3.26. The van der Waals surface area contributed by atoms with E-state index in [-0.39, 0.29) is 19.1 Å². The Kier molecular flexibility index (Phi) is 7.39. The second-order valence-corrected chi connectivity index (χ2v) is 4.58. The predicted molar refractivity (Wildman–Crippen MR) is 69.7 cm³/mol. The molecule has 3 N–H and O–H groups in total. The summed E-state index contributed by atoms with van der Waals surface area (Å²) in [7, 11) is 1.54. The van der Waals surface area contributed by atoms with Crippen molar-refractivity contribution in [3.05, 3.63) is 0 Å². The minimum atomic E-state index is -0.514. The molecular formula is C12H23N3O4. The summed E-state index contributed by atoms with van der Waals surface area (Å²) in [5.41, 5.74) is 0. The number of rotatable bonds is 8. The van der Waals surface area contributed by atoms with E-state index in [2.05, 4.69) is 10.6 Å². The van der Waals surface area contributed by atoms with Crippen LogP contribution in [0, 0.1) is 0 Å². The van der Waals surface area contributed by atoms with Crippen LogP contribution in [0.5, 0.6) is 0 Å². The summed E-state index contributed by atoms with van der Waals surface area (Å²) in [6, 6.07) is -0.158. The molecule has 1 aliphatic rings. The van der Waals surface area contributed by atoms with Crippen LogP contribution in [-0.2, 0) is 9.53 Å². The van der Waals surface area contributed by atoms with Crippen molar-refractivity contribution in [2.75, 3.05) is 40.0 Å². The van der Waals surface area contributed by atoms with Gasteiger partial charge in [0.25, 0.3) is 0 Å². The van der Waals surface area contributed by atoms with Gasteiger partial charge in [0.1, 0.15) is 0 Å². The molecule has 110 valence electrons. The van der Waals surface area contributed by atoms with Crippen molar-refractivity contribution < 1.29 is 19.4 Å². The SMILES string of the molecule is COCCNC(=O)NC(=O)CN(CCO)C1CCC1. The van der Waals surface area contributed by atoms with Crippen molar-refractivity contribution >= 4 is 11.9 Å². The molecule has 1 aliphatic carbocycles. The van der Waals surface area contributed by atoms with Gasteiger partial charge in [0.15, 0.2) is 0 Å². The average Bonchev–Trinajstić information content (AvgIpc) is 2.27. The van der Waals surface area contributed by atoms with Gasteiger partial charge in [-0.05, 0) is 12.8 Å². The highest BCUT2D eigenvalue weighted by atomic mass is 16.5. The molecule has 0 radical (unpaired) electrons. The number of methoxy groups -OCH3 is 1. The molecule has 7 heteroatoms. The fraction of sp³-hybridized carbons (Fsp3) is 0.833. The summed E-state index contributed by atoms with van der Waals surface area (Å²) in [4.78, 5) is 25.0. The zero-order valence-corrected chi connectivity index (χ0v) is 11.4. The van der Waals surface area contributed by atoms with Crippen LogP contribution in [0.2, 0.25) is 0 Å². The van der Waals surface area contributed by atoms with E-state index in [0.29, 0.717) is 25.7 Å². The summed E-state index contributed by atoms with van der Waals surface area (Å²) in [5, 5.41) is 13.8. The number of urea groups is 1. The zero-order valence-electron chi connectivity index (χ0n) is 11.4. The fourth-order valence-corrected chi connectivity index (χ4v) is 1.93. The Hall–Kier alpha value is -1.18. The second kappa shape index (κ2) is 8.84. The van der Waals surface area contributed by atoms with Gasteiger partial charge in [-0.25, -0.2) is 4.79 Å². The molecule has 1 fully saturated rings. The number of hydrogen-bond donors (Lipinski definition) is 3. The molecule has 0 spiro atoms. The highest BCUT2D eigenvalue weighted by Crippen LogP contribution is 2.24. The molecule has 0 bridgehead atoms. The molecule has 0 aliphatic heterocycles. The number of imide groups is 1. The third-order valence-corrected chi connectivity index (χ3v) is 3.17. The van der Waals surface area contributed by atoms with E-state index in [9.17, 15) is 9.59 Å². The second-order valence-electron chi connectivity index (χ2n) is 4.58. The average molecular weight is 273 g/mol. The first kappa shape index (κ1) is 15.9. The Labute approximate surface area is 113 Å². The Morgan fingerprint density at radius 1 is 1.42 bits per heavy atom. The first-order valence-corrected chi connectivity index (χ1v) is 6.59. The van der Waals surface area contributed by atoms with Crippen LogP contribution >= 0.6 is 0 Å². The van der Waals surface area contributed by atoms with Crippen LogP contribution in [0.15, 0.2) is 0 Å². The lowest BCUT2D eigenvalue weighted by molar-refractivity contribution is -0.122. The molecule has 1 saturated carbocycles. The van der Waals surface area contributed by atoms with E-state index in [1.807, 2.05) is 4.90 Å². The van der Waals surface area contributed by atoms with Gasteiger partial charge in [0, 0.05) is 26.2 Å². The topological polar surface area (TPSA) is 90.9 Å². The van der Waals surface area contributed by atoms with Crippen LogP contribution in [0.3, 0.4) is 0 Å². The number of ether oxygens (including phenoxy) is 1. The summed E-state index contributed by atoms with van der Waals surface area (Å²) in [5.74, 6) is -0.352. The summed E-state index contributed by atoms with van der Waals surface area (Å²) in [6.45, 7) is 1.38. The van der Waals surface area contributed by atoms with Gasteiger partial charge in [0.2, 0.25) is 5.91 Å². The molecule has 0 atom stereocenters. The van der Waals surface area contributed by atoms with E-state index in [1.165, 1.54) is 7.11 Å². The van der Waals surface area contributed by atoms with Crippen molar-refractivity contribution in [3.8, 4) is 0 Å². The maximum absolute atomic E-state index is 11.7. The lowest BCUT2D eigenvalue weighted by atomic mass is 9.91. The standard InChI is InChI=1S/C12H23N3O4/c1-19-8-5-13-12(18)14-11(17)9-15(6-7-16)10-3-2-4-10/h10,16H,2-9H2,1H3,(H2,13,14,17,18). The highest BCUT2D eigenvalue weighted by molar-refractivity contribution is 5.95. The fourth-order valence-electron chi connectivity index (χ4n) is 1.93. The Balaban J connectivity index is 2.25. The highest BCUT2D eigenvalue weighted by Gasteiger charge is 2.26. The van der Waals surface area contributed by atoms with Crippen LogP contribution in [-0.4, -0.2) is 67.9 Å². The molecular weight excluding hydrogens is 250 g/mol. The molecule has 1 rings (SSSR count). The van der Waals surface area contributed by atoms with E-state index in [4.69, 9.17) is 9.84 Å². The number of hydrogen-bond acceptors (Lipinski definition) is 5. The van der Waals surface area contributed by atoms with Crippen LogP contribution in [0.4, 0.5) is 4.79 Å². The van der Waals surface area contributed by atoms with Crippen molar-refractivity contribution in [2.45, 2.75) is 25.3 Å². The largest absolute Gasteiger partial charge is 0.395 e. The normalized spacial score (nSPS) is 15.1. The van der Waals surface area contributed by atoms with Crippen molar-refractivity contribution in [1.29, 1.82) is 0 Å². The number of nitrogens with one attached hydrogen (secondary N) is 2. The van der Waals surface area contributed by atoms with Gasteiger partial charge >= 0.3 is 6.03 Å². The number of aliphatic hydroxyl groups excluding tert-OH is 1. The minimum absolute atomic E-state index is 0.0177. The van der Waals surface area contributed by atoms with Crippen molar-refractivity contribution in [3.63, 3.8) is 0 Å². The Morgan fingerprint density at radius 2 is 2.16 bits per heavy atom. The molecule has 0 unspecified atom stereocenters. The van der Waals surface area contributed by atoms with Crippen LogP contribution in [0.25, 0.3) is 0 Å². The number of carbonyl (C=O) groups excluding carboxylic acids is 2. The molecule has 0 saturated heterocycles.